The highest BCUT2D eigenvalue weighted by Gasteiger charge is 2.30. The smallest absolute Gasteiger partial charge is 0.189 e. The molecule has 0 heterocycles. The van der Waals surface area contributed by atoms with Crippen LogP contribution >= 0.6 is 0 Å². The number of carbonyl (C=O) groups is 1. The lowest BCUT2D eigenvalue weighted by Crippen LogP contribution is -2.19. The van der Waals surface area contributed by atoms with Crippen LogP contribution in [0, 0.1) is 5.92 Å². The number of phenols is 2. The SMILES string of the molecule is O=C(C1=C(C2CCCCC2)c2cc(O)ccc2CC1)c1ccc(O)cc1. The Bertz CT molecular complexity index is 856. The number of fused-ring (bicyclic) bond motifs is 1. The molecule has 3 nitrogen and oxygen atoms in total. The molecule has 0 aliphatic heterocycles. The van der Waals surface area contributed by atoms with E-state index in [9.17, 15) is 15.0 Å². The molecule has 0 bridgehead atoms. The molecule has 26 heavy (non-hydrogen) atoms. The van der Waals surface area contributed by atoms with E-state index in [1.165, 1.54) is 24.8 Å². The second-order valence-electron chi connectivity index (χ2n) is 7.44. The fourth-order valence-electron chi connectivity index (χ4n) is 4.47. The van der Waals surface area contributed by atoms with Gasteiger partial charge in [-0.1, -0.05) is 25.3 Å². The molecule has 4 rings (SSSR count). The minimum atomic E-state index is 0.0552. The molecule has 2 N–H and O–H groups in total. The van der Waals surface area contributed by atoms with Crippen LogP contribution in [0.2, 0.25) is 0 Å². The van der Waals surface area contributed by atoms with Gasteiger partial charge < -0.3 is 10.2 Å². The Kier molecular flexibility index (Phi) is 4.54. The third-order valence-corrected chi connectivity index (χ3v) is 5.77. The van der Waals surface area contributed by atoms with Crippen molar-refractivity contribution in [2.45, 2.75) is 44.9 Å². The van der Waals surface area contributed by atoms with Gasteiger partial charge in [0.2, 0.25) is 0 Å². The van der Waals surface area contributed by atoms with Crippen molar-refractivity contribution in [1.82, 2.24) is 0 Å². The topological polar surface area (TPSA) is 57.5 Å². The number of benzene rings is 2. The molecular weight excluding hydrogens is 324 g/mol. The van der Waals surface area contributed by atoms with Crippen molar-refractivity contribution in [3.63, 3.8) is 0 Å². The summed E-state index contributed by atoms with van der Waals surface area (Å²) in [7, 11) is 0. The first-order chi connectivity index (χ1) is 12.6. The maximum atomic E-state index is 13.3. The van der Waals surface area contributed by atoms with Gasteiger partial charge >= 0.3 is 0 Å². The van der Waals surface area contributed by atoms with Crippen molar-refractivity contribution >= 4 is 11.4 Å². The molecule has 1 saturated carbocycles. The van der Waals surface area contributed by atoms with Gasteiger partial charge in [0.15, 0.2) is 5.78 Å². The van der Waals surface area contributed by atoms with Gasteiger partial charge in [-0.15, -0.1) is 0 Å². The first kappa shape index (κ1) is 16.9. The molecule has 2 aliphatic carbocycles. The van der Waals surface area contributed by atoms with E-state index in [-0.39, 0.29) is 17.3 Å². The van der Waals surface area contributed by atoms with Crippen LogP contribution in [0.25, 0.3) is 5.57 Å². The standard InChI is InChI=1S/C23H24O3/c24-18-10-7-17(8-11-18)23(26)20-13-9-15-6-12-19(25)14-21(15)22(20)16-4-2-1-3-5-16/h6-8,10-12,14,16,24-25H,1-5,9,13H2. The highest BCUT2D eigenvalue weighted by Crippen LogP contribution is 2.44. The van der Waals surface area contributed by atoms with E-state index >= 15 is 0 Å². The van der Waals surface area contributed by atoms with E-state index in [0.717, 1.165) is 42.4 Å². The molecule has 0 saturated heterocycles. The Balaban J connectivity index is 1.83. The summed E-state index contributed by atoms with van der Waals surface area (Å²) in [5.74, 6) is 0.873. The first-order valence-corrected chi connectivity index (χ1v) is 9.52. The molecule has 2 aromatic carbocycles. The number of ketones is 1. The number of Topliss-reactive ketones (excluding diaryl/α,β-unsaturated/α-hetero) is 1. The Labute approximate surface area is 154 Å². The van der Waals surface area contributed by atoms with E-state index < -0.39 is 0 Å². The number of carbonyl (C=O) groups excluding carboxylic acids is 1. The Morgan fingerprint density at radius 1 is 0.846 bits per heavy atom. The van der Waals surface area contributed by atoms with Crippen molar-refractivity contribution in [2.75, 3.05) is 0 Å². The van der Waals surface area contributed by atoms with Gasteiger partial charge in [0.1, 0.15) is 11.5 Å². The largest absolute Gasteiger partial charge is 0.508 e. The van der Waals surface area contributed by atoms with Crippen molar-refractivity contribution < 1.29 is 15.0 Å². The zero-order valence-electron chi connectivity index (χ0n) is 14.9. The number of aromatic hydroxyl groups is 2. The molecule has 0 radical (unpaired) electrons. The van der Waals surface area contributed by atoms with Crippen LogP contribution in [0.15, 0.2) is 48.0 Å². The van der Waals surface area contributed by atoms with Crippen LogP contribution in [-0.4, -0.2) is 16.0 Å². The van der Waals surface area contributed by atoms with Crippen LogP contribution in [0.4, 0.5) is 0 Å². The molecule has 134 valence electrons. The number of aryl methyl sites for hydroxylation is 1. The monoisotopic (exact) mass is 348 g/mol. The summed E-state index contributed by atoms with van der Waals surface area (Å²) in [6, 6.07) is 12.1. The summed E-state index contributed by atoms with van der Waals surface area (Å²) in [6.07, 6.45) is 7.44. The fourth-order valence-corrected chi connectivity index (χ4v) is 4.47. The minimum Gasteiger partial charge on any atom is -0.508 e. The van der Waals surface area contributed by atoms with Gasteiger partial charge in [0.25, 0.3) is 0 Å². The Morgan fingerprint density at radius 2 is 1.54 bits per heavy atom. The van der Waals surface area contributed by atoms with E-state index in [1.807, 2.05) is 12.1 Å². The maximum Gasteiger partial charge on any atom is 0.189 e. The van der Waals surface area contributed by atoms with Crippen molar-refractivity contribution in [1.29, 1.82) is 0 Å². The number of hydrogen-bond donors (Lipinski definition) is 2. The van der Waals surface area contributed by atoms with Crippen molar-refractivity contribution in [3.05, 3.63) is 64.7 Å². The molecule has 0 atom stereocenters. The average Bonchev–Trinajstić information content (AvgIpc) is 2.67. The van der Waals surface area contributed by atoms with E-state index in [4.69, 9.17) is 0 Å². The van der Waals surface area contributed by atoms with Gasteiger partial charge in [-0.2, -0.15) is 0 Å². The van der Waals surface area contributed by atoms with Crippen LogP contribution < -0.4 is 0 Å². The lowest BCUT2D eigenvalue weighted by atomic mass is 9.72. The van der Waals surface area contributed by atoms with Crippen LogP contribution in [0.3, 0.4) is 0 Å². The van der Waals surface area contributed by atoms with Gasteiger partial charge in [0.05, 0.1) is 0 Å². The highest BCUT2D eigenvalue weighted by molar-refractivity contribution is 6.14. The van der Waals surface area contributed by atoms with Gasteiger partial charge in [-0.05, 0) is 84.7 Å². The number of rotatable bonds is 3. The number of allylic oxidation sites excluding steroid dienone is 2. The van der Waals surface area contributed by atoms with Crippen LogP contribution in [0.5, 0.6) is 11.5 Å². The van der Waals surface area contributed by atoms with Crippen molar-refractivity contribution in [2.24, 2.45) is 5.92 Å². The minimum absolute atomic E-state index is 0.0552. The predicted octanol–water partition coefficient (Wildman–Crippen LogP) is 5.26. The molecule has 0 amide bonds. The van der Waals surface area contributed by atoms with Crippen LogP contribution in [0.1, 0.15) is 60.0 Å². The summed E-state index contributed by atoms with van der Waals surface area (Å²) >= 11 is 0. The Hall–Kier alpha value is -2.55. The second-order valence-corrected chi connectivity index (χ2v) is 7.44. The average molecular weight is 348 g/mol. The van der Waals surface area contributed by atoms with Gasteiger partial charge in [-0.25, -0.2) is 0 Å². The third kappa shape index (κ3) is 3.14. The maximum absolute atomic E-state index is 13.3. The molecule has 2 aliphatic rings. The van der Waals surface area contributed by atoms with Gasteiger partial charge in [-0.3, -0.25) is 4.79 Å². The lowest BCUT2D eigenvalue weighted by molar-refractivity contribution is 0.103. The van der Waals surface area contributed by atoms with Crippen molar-refractivity contribution in [3.8, 4) is 11.5 Å². The summed E-state index contributed by atoms with van der Waals surface area (Å²) in [4.78, 5) is 13.3. The normalized spacial score (nSPS) is 17.8. The summed E-state index contributed by atoms with van der Waals surface area (Å²) in [5.41, 5.74) is 4.95. The lowest BCUT2D eigenvalue weighted by Gasteiger charge is -2.31. The summed E-state index contributed by atoms with van der Waals surface area (Å²) in [6.45, 7) is 0. The zero-order valence-corrected chi connectivity index (χ0v) is 14.9. The Morgan fingerprint density at radius 3 is 2.27 bits per heavy atom. The molecule has 3 heteroatoms. The highest BCUT2D eigenvalue weighted by atomic mass is 16.3. The number of hydrogen-bond acceptors (Lipinski definition) is 3. The quantitative estimate of drug-likeness (QED) is 0.744. The summed E-state index contributed by atoms with van der Waals surface area (Å²) in [5, 5.41) is 19.6. The van der Waals surface area contributed by atoms with Gasteiger partial charge in [0, 0.05) is 11.1 Å². The molecule has 0 spiro atoms. The number of phenolic OH excluding ortho intramolecular Hbond substituents is 2. The molecule has 2 aromatic rings. The third-order valence-electron chi connectivity index (χ3n) is 5.77. The van der Waals surface area contributed by atoms with E-state index in [0.29, 0.717) is 11.5 Å². The van der Waals surface area contributed by atoms with Crippen LogP contribution in [-0.2, 0) is 6.42 Å². The zero-order chi connectivity index (χ0) is 18.1. The molecular formula is C23H24O3. The van der Waals surface area contributed by atoms with E-state index in [1.54, 1.807) is 30.3 Å². The molecule has 1 fully saturated rings. The predicted molar refractivity (Wildman–Crippen MR) is 102 cm³/mol. The fraction of sp³-hybridized carbons (Fsp3) is 0.348. The first-order valence-electron chi connectivity index (χ1n) is 9.52. The molecule has 0 unspecified atom stereocenters. The summed E-state index contributed by atoms with van der Waals surface area (Å²) < 4.78 is 0. The molecule has 0 aromatic heterocycles. The van der Waals surface area contributed by atoms with E-state index in [2.05, 4.69) is 0 Å². The second kappa shape index (κ2) is 6.99.